The molecule has 4 heteroatoms. The lowest BCUT2D eigenvalue weighted by atomic mass is 9.94. The number of nitrogens with zero attached hydrogens (tertiary/aromatic N) is 1. The zero-order valence-electron chi connectivity index (χ0n) is 11.8. The van der Waals surface area contributed by atoms with Gasteiger partial charge in [-0.25, -0.2) is 4.39 Å². The van der Waals surface area contributed by atoms with Crippen molar-refractivity contribution in [1.82, 2.24) is 4.90 Å². The van der Waals surface area contributed by atoms with E-state index >= 15 is 0 Å². The first kappa shape index (κ1) is 13.9. The zero-order chi connectivity index (χ0) is 14.7. The Morgan fingerprint density at radius 1 is 1.19 bits per heavy atom. The fourth-order valence-electron chi connectivity index (χ4n) is 2.90. The van der Waals surface area contributed by atoms with Gasteiger partial charge >= 0.3 is 0 Å². The Morgan fingerprint density at radius 3 is 2.71 bits per heavy atom. The van der Waals surface area contributed by atoms with Crippen molar-refractivity contribution in [2.75, 3.05) is 13.1 Å². The highest BCUT2D eigenvalue weighted by Gasteiger charge is 2.24. The van der Waals surface area contributed by atoms with Crippen molar-refractivity contribution in [3.8, 4) is 0 Å². The van der Waals surface area contributed by atoms with Crippen LogP contribution in [0.3, 0.4) is 0 Å². The van der Waals surface area contributed by atoms with Crippen LogP contribution in [0.4, 0.5) is 4.39 Å². The van der Waals surface area contributed by atoms with Gasteiger partial charge in [-0.1, -0.05) is 18.6 Å². The smallest absolute Gasteiger partial charge is 0.257 e. The van der Waals surface area contributed by atoms with Gasteiger partial charge < -0.3 is 9.32 Å². The summed E-state index contributed by atoms with van der Waals surface area (Å²) < 4.78 is 18.0. The molecule has 0 radical (unpaired) electrons. The molecule has 1 aliphatic heterocycles. The van der Waals surface area contributed by atoms with E-state index in [1.54, 1.807) is 6.07 Å². The first-order valence-corrected chi connectivity index (χ1v) is 7.31. The predicted molar refractivity (Wildman–Crippen MR) is 77.6 cm³/mol. The van der Waals surface area contributed by atoms with Gasteiger partial charge in [0.05, 0.1) is 11.8 Å². The number of halogens is 1. The molecule has 1 aromatic carbocycles. The number of hydrogen-bond acceptors (Lipinski definition) is 2. The maximum Gasteiger partial charge on any atom is 0.257 e. The lowest BCUT2D eigenvalue weighted by molar-refractivity contribution is 0.0754. The van der Waals surface area contributed by atoms with Crippen molar-refractivity contribution < 1.29 is 13.6 Å². The highest BCUT2D eigenvalue weighted by molar-refractivity contribution is 5.93. The van der Waals surface area contributed by atoms with Crippen LogP contribution < -0.4 is 0 Å². The van der Waals surface area contributed by atoms with E-state index in [1.807, 2.05) is 17.0 Å². The zero-order valence-corrected chi connectivity index (χ0v) is 11.8. The number of benzene rings is 1. The molecule has 1 atom stereocenters. The number of likely N-dealkylation sites (tertiary alicyclic amines) is 1. The number of rotatable bonds is 2. The van der Waals surface area contributed by atoms with E-state index in [0.717, 1.165) is 31.4 Å². The molecular weight excluding hydrogens is 269 g/mol. The van der Waals surface area contributed by atoms with Crippen LogP contribution in [0.15, 0.2) is 47.3 Å². The number of carbonyl (C=O) groups is 1. The molecule has 3 rings (SSSR count). The third kappa shape index (κ3) is 3.15. The molecule has 1 fully saturated rings. The second kappa shape index (κ2) is 6.12. The standard InChI is InChI=1S/C17H18FNO2/c18-16-6-4-13(5-7-16)14-3-1-2-9-19(11-14)17(20)15-8-10-21-12-15/h4-8,10,12,14H,1-3,9,11H2/t14-/m1/s1. The summed E-state index contributed by atoms with van der Waals surface area (Å²) in [6.07, 6.45) is 6.11. The number of amides is 1. The van der Waals surface area contributed by atoms with E-state index in [9.17, 15) is 9.18 Å². The van der Waals surface area contributed by atoms with Crippen LogP contribution >= 0.6 is 0 Å². The number of hydrogen-bond donors (Lipinski definition) is 0. The Morgan fingerprint density at radius 2 is 2.00 bits per heavy atom. The molecule has 2 aromatic rings. The van der Waals surface area contributed by atoms with Crippen LogP contribution in [-0.2, 0) is 0 Å². The predicted octanol–water partition coefficient (Wildman–Crippen LogP) is 3.83. The number of carbonyl (C=O) groups excluding carboxylic acids is 1. The average molecular weight is 287 g/mol. The van der Waals surface area contributed by atoms with Crippen molar-refractivity contribution in [3.63, 3.8) is 0 Å². The minimum absolute atomic E-state index is 0.0118. The van der Waals surface area contributed by atoms with E-state index in [2.05, 4.69) is 0 Å². The summed E-state index contributed by atoms with van der Waals surface area (Å²) in [5.74, 6) is 0.0559. The molecule has 1 saturated heterocycles. The molecule has 0 aliphatic carbocycles. The molecule has 110 valence electrons. The molecule has 0 N–H and O–H groups in total. The quantitative estimate of drug-likeness (QED) is 0.841. The topological polar surface area (TPSA) is 33.5 Å². The minimum Gasteiger partial charge on any atom is -0.472 e. The van der Waals surface area contributed by atoms with E-state index in [0.29, 0.717) is 12.1 Å². The second-order valence-corrected chi connectivity index (χ2v) is 5.51. The fourth-order valence-corrected chi connectivity index (χ4v) is 2.90. The summed E-state index contributed by atoms with van der Waals surface area (Å²) in [4.78, 5) is 14.3. The summed E-state index contributed by atoms with van der Waals surface area (Å²) >= 11 is 0. The van der Waals surface area contributed by atoms with Crippen LogP contribution in [0.25, 0.3) is 0 Å². The van der Waals surface area contributed by atoms with E-state index in [1.165, 1.54) is 24.7 Å². The molecule has 0 saturated carbocycles. The first-order chi connectivity index (χ1) is 10.2. The Labute approximate surface area is 123 Å². The maximum atomic E-state index is 13.0. The Hall–Kier alpha value is -2.10. The minimum atomic E-state index is -0.223. The molecule has 3 nitrogen and oxygen atoms in total. The average Bonchev–Trinajstić information content (AvgIpc) is 2.92. The highest BCUT2D eigenvalue weighted by atomic mass is 19.1. The summed E-state index contributed by atoms with van der Waals surface area (Å²) in [7, 11) is 0. The summed E-state index contributed by atoms with van der Waals surface area (Å²) in [6, 6.07) is 8.32. The summed E-state index contributed by atoms with van der Waals surface area (Å²) in [6.45, 7) is 1.44. The van der Waals surface area contributed by atoms with Gasteiger partial charge in [0.1, 0.15) is 12.1 Å². The molecule has 1 aromatic heterocycles. The fraction of sp³-hybridized carbons (Fsp3) is 0.353. The number of furan rings is 1. The van der Waals surface area contributed by atoms with Gasteiger partial charge in [0.25, 0.3) is 5.91 Å². The van der Waals surface area contributed by atoms with Crippen molar-refractivity contribution >= 4 is 5.91 Å². The van der Waals surface area contributed by atoms with Gasteiger partial charge in [-0.3, -0.25) is 4.79 Å². The van der Waals surface area contributed by atoms with Gasteiger partial charge in [0.2, 0.25) is 0 Å². The van der Waals surface area contributed by atoms with Crippen molar-refractivity contribution in [1.29, 1.82) is 0 Å². The Kier molecular flexibility index (Phi) is 4.04. The molecule has 21 heavy (non-hydrogen) atoms. The summed E-state index contributed by atoms with van der Waals surface area (Å²) in [5, 5.41) is 0. The highest BCUT2D eigenvalue weighted by Crippen LogP contribution is 2.27. The normalized spacial score (nSPS) is 19.3. The SMILES string of the molecule is O=C(c1ccoc1)N1CCCC[C@@H](c2ccc(F)cc2)C1. The van der Waals surface area contributed by atoms with Crippen LogP contribution in [-0.4, -0.2) is 23.9 Å². The monoisotopic (exact) mass is 287 g/mol. The van der Waals surface area contributed by atoms with Gasteiger partial charge in [-0.15, -0.1) is 0 Å². The van der Waals surface area contributed by atoms with E-state index in [-0.39, 0.29) is 17.6 Å². The molecule has 1 aliphatic rings. The van der Waals surface area contributed by atoms with Crippen LogP contribution in [0, 0.1) is 5.82 Å². The molecule has 1 amide bonds. The van der Waals surface area contributed by atoms with Crippen LogP contribution in [0.5, 0.6) is 0 Å². The van der Waals surface area contributed by atoms with Crippen LogP contribution in [0.2, 0.25) is 0 Å². The Bertz CT molecular complexity index is 592. The molecule has 0 unspecified atom stereocenters. The largest absolute Gasteiger partial charge is 0.472 e. The Balaban J connectivity index is 1.77. The van der Waals surface area contributed by atoms with Crippen LogP contribution in [0.1, 0.15) is 41.1 Å². The lowest BCUT2D eigenvalue weighted by Crippen LogP contribution is -2.33. The molecule has 2 heterocycles. The lowest BCUT2D eigenvalue weighted by Gasteiger charge is -2.24. The van der Waals surface area contributed by atoms with Gasteiger partial charge in [0.15, 0.2) is 0 Å². The molecule has 0 spiro atoms. The van der Waals surface area contributed by atoms with E-state index in [4.69, 9.17) is 4.42 Å². The first-order valence-electron chi connectivity index (χ1n) is 7.31. The van der Waals surface area contributed by atoms with Gasteiger partial charge in [0, 0.05) is 19.0 Å². The van der Waals surface area contributed by atoms with Crippen molar-refractivity contribution in [2.24, 2.45) is 0 Å². The van der Waals surface area contributed by atoms with Crippen molar-refractivity contribution in [3.05, 3.63) is 59.8 Å². The second-order valence-electron chi connectivity index (χ2n) is 5.51. The van der Waals surface area contributed by atoms with Gasteiger partial charge in [-0.05, 0) is 36.6 Å². The maximum absolute atomic E-state index is 13.0. The van der Waals surface area contributed by atoms with Gasteiger partial charge in [-0.2, -0.15) is 0 Å². The third-order valence-electron chi connectivity index (χ3n) is 4.07. The molecule has 0 bridgehead atoms. The molecular formula is C17H18FNO2. The summed E-state index contributed by atoms with van der Waals surface area (Å²) in [5.41, 5.74) is 1.69. The van der Waals surface area contributed by atoms with E-state index < -0.39 is 0 Å². The van der Waals surface area contributed by atoms with Crippen molar-refractivity contribution in [2.45, 2.75) is 25.2 Å². The third-order valence-corrected chi connectivity index (χ3v) is 4.07.